The van der Waals surface area contributed by atoms with Crippen LogP contribution >= 0.6 is 15.9 Å². The van der Waals surface area contributed by atoms with E-state index in [1.54, 1.807) is 0 Å². The van der Waals surface area contributed by atoms with Crippen LogP contribution in [0.1, 0.15) is 32.6 Å². The SMILES string of the molecule is CC1CCCCC1NC(=O)COc1ncnc2ccc(Br)cc12. The van der Waals surface area contributed by atoms with Crippen molar-refractivity contribution >= 4 is 32.7 Å². The maximum Gasteiger partial charge on any atom is 0.258 e. The molecule has 1 N–H and O–H groups in total. The summed E-state index contributed by atoms with van der Waals surface area (Å²) >= 11 is 3.43. The van der Waals surface area contributed by atoms with E-state index in [4.69, 9.17) is 4.74 Å². The third kappa shape index (κ3) is 3.99. The maximum absolute atomic E-state index is 12.1. The third-order valence-electron chi connectivity index (χ3n) is 4.36. The minimum atomic E-state index is -0.0921. The van der Waals surface area contributed by atoms with Crippen molar-refractivity contribution in [2.75, 3.05) is 6.61 Å². The van der Waals surface area contributed by atoms with Gasteiger partial charge in [-0.15, -0.1) is 0 Å². The highest BCUT2D eigenvalue weighted by molar-refractivity contribution is 9.10. The first-order valence-electron chi connectivity index (χ1n) is 7.96. The molecule has 3 rings (SSSR count). The van der Waals surface area contributed by atoms with Crippen molar-refractivity contribution < 1.29 is 9.53 Å². The topological polar surface area (TPSA) is 64.1 Å². The average Bonchev–Trinajstić information content (AvgIpc) is 2.55. The molecule has 0 spiro atoms. The molecule has 2 unspecified atom stereocenters. The fourth-order valence-electron chi connectivity index (χ4n) is 3.03. The van der Waals surface area contributed by atoms with Gasteiger partial charge in [-0.25, -0.2) is 9.97 Å². The van der Waals surface area contributed by atoms with Crippen molar-refractivity contribution in [1.29, 1.82) is 0 Å². The number of rotatable bonds is 4. The highest BCUT2D eigenvalue weighted by atomic mass is 79.9. The lowest BCUT2D eigenvalue weighted by molar-refractivity contribution is -0.124. The van der Waals surface area contributed by atoms with Crippen LogP contribution in [0.2, 0.25) is 0 Å². The summed E-state index contributed by atoms with van der Waals surface area (Å²) in [5.74, 6) is 0.872. The molecule has 1 fully saturated rings. The number of fused-ring (bicyclic) bond motifs is 1. The first-order valence-corrected chi connectivity index (χ1v) is 8.75. The smallest absolute Gasteiger partial charge is 0.258 e. The van der Waals surface area contributed by atoms with Crippen LogP contribution < -0.4 is 10.1 Å². The molecule has 1 aliphatic rings. The van der Waals surface area contributed by atoms with Gasteiger partial charge in [0, 0.05) is 10.5 Å². The Labute approximate surface area is 144 Å². The van der Waals surface area contributed by atoms with Crippen molar-refractivity contribution in [3.8, 4) is 5.88 Å². The molecule has 6 heteroatoms. The Kier molecular flexibility index (Phi) is 5.10. The van der Waals surface area contributed by atoms with Gasteiger partial charge in [-0.2, -0.15) is 0 Å². The van der Waals surface area contributed by atoms with E-state index in [9.17, 15) is 4.79 Å². The van der Waals surface area contributed by atoms with Crippen LogP contribution in [0.5, 0.6) is 5.88 Å². The fourth-order valence-corrected chi connectivity index (χ4v) is 3.39. The van der Waals surface area contributed by atoms with Crippen LogP contribution in [0.4, 0.5) is 0 Å². The fraction of sp³-hybridized carbons (Fsp3) is 0.471. The monoisotopic (exact) mass is 377 g/mol. The van der Waals surface area contributed by atoms with Crippen LogP contribution in [0, 0.1) is 5.92 Å². The molecule has 2 atom stereocenters. The normalized spacial score (nSPS) is 21.1. The Morgan fingerprint density at radius 2 is 2.17 bits per heavy atom. The Morgan fingerprint density at radius 3 is 3.00 bits per heavy atom. The number of nitrogens with zero attached hydrogens (tertiary/aromatic N) is 2. The molecule has 23 heavy (non-hydrogen) atoms. The van der Waals surface area contributed by atoms with Crippen LogP contribution in [0.3, 0.4) is 0 Å². The third-order valence-corrected chi connectivity index (χ3v) is 4.85. The van der Waals surface area contributed by atoms with Gasteiger partial charge in [0.05, 0.1) is 10.9 Å². The number of hydrogen-bond acceptors (Lipinski definition) is 4. The Hall–Kier alpha value is -1.69. The van der Waals surface area contributed by atoms with E-state index >= 15 is 0 Å². The van der Waals surface area contributed by atoms with Gasteiger partial charge in [0.2, 0.25) is 5.88 Å². The number of carbonyl (C=O) groups excluding carboxylic acids is 1. The summed E-state index contributed by atoms with van der Waals surface area (Å²) in [6, 6.07) is 5.95. The zero-order chi connectivity index (χ0) is 16.2. The number of aromatic nitrogens is 2. The molecular formula is C17H20BrN3O2. The Morgan fingerprint density at radius 1 is 1.35 bits per heavy atom. The van der Waals surface area contributed by atoms with E-state index in [-0.39, 0.29) is 18.6 Å². The molecule has 1 saturated carbocycles. The highest BCUT2D eigenvalue weighted by Gasteiger charge is 2.23. The largest absolute Gasteiger partial charge is 0.467 e. The summed E-state index contributed by atoms with van der Waals surface area (Å²) < 4.78 is 6.55. The molecule has 0 radical (unpaired) electrons. The molecule has 1 aromatic carbocycles. The van der Waals surface area contributed by atoms with E-state index < -0.39 is 0 Å². The minimum absolute atomic E-state index is 0.0259. The van der Waals surface area contributed by atoms with Crippen LogP contribution in [0.25, 0.3) is 10.9 Å². The van der Waals surface area contributed by atoms with Crippen molar-refractivity contribution in [3.05, 3.63) is 29.0 Å². The van der Waals surface area contributed by atoms with Crippen LogP contribution in [-0.4, -0.2) is 28.5 Å². The first-order chi connectivity index (χ1) is 11.1. The second kappa shape index (κ2) is 7.25. The predicted octanol–water partition coefficient (Wildman–Crippen LogP) is 3.47. The lowest BCUT2D eigenvalue weighted by Gasteiger charge is -2.29. The molecule has 1 heterocycles. The highest BCUT2D eigenvalue weighted by Crippen LogP contribution is 2.25. The summed E-state index contributed by atoms with van der Waals surface area (Å²) in [5.41, 5.74) is 0.791. The zero-order valence-corrected chi connectivity index (χ0v) is 14.7. The standard InChI is InChI=1S/C17H20BrN3O2/c1-11-4-2-3-5-14(11)21-16(22)9-23-17-13-8-12(18)6-7-15(13)19-10-20-17/h6-8,10-11,14H,2-5,9H2,1H3,(H,21,22). The van der Waals surface area contributed by atoms with Gasteiger partial charge in [0.15, 0.2) is 6.61 Å². The number of benzene rings is 1. The molecule has 0 bridgehead atoms. The molecule has 122 valence electrons. The van der Waals surface area contributed by atoms with Crippen molar-refractivity contribution in [3.63, 3.8) is 0 Å². The summed E-state index contributed by atoms with van der Waals surface area (Å²) in [5, 5.41) is 3.87. The van der Waals surface area contributed by atoms with Crippen LogP contribution in [-0.2, 0) is 4.79 Å². The number of amides is 1. The average molecular weight is 378 g/mol. The number of hydrogen-bond donors (Lipinski definition) is 1. The van der Waals surface area contributed by atoms with E-state index in [0.717, 1.165) is 21.8 Å². The summed E-state index contributed by atoms with van der Waals surface area (Å²) in [6.45, 7) is 2.17. The van der Waals surface area contributed by atoms with E-state index in [0.29, 0.717) is 11.8 Å². The van der Waals surface area contributed by atoms with E-state index in [1.807, 2.05) is 18.2 Å². The quantitative estimate of drug-likeness (QED) is 0.885. The lowest BCUT2D eigenvalue weighted by atomic mass is 9.86. The van der Waals surface area contributed by atoms with E-state index in [1.165, 1.54) is 25.6 Å². The Bertz CT molecular complexity index is 707. The molecule has 2 aromatic rings. The second-order valence-electron chi connectivity index (χ2n) is 6.06. The summed E-state index contributed by atoms with van der Waals surface area (Å²) in [6.07, 6.45) is 6.12. The van der Waals surface area contributed by atoms with E-state index in [2.05, 4.69) is 38.1 Å². The summed E-state index contributed by atoms with van der Waals surface area (Å²) in [4.78, 5) is 20.5. The molecule has 0 aliphatic heterocycles. The summed E-state index contributed by atoms with van der Waals surface area (Å²) in [7, 11) is 0. The number of halogens is 1. The van der Waals surface area contributed by atoms with Gasteiger partial charge in [-0.05, 0) is 37.0 Å². The molecule has 1 aliphatic carbocycles. The molecule has 1 aromatic heterocycles. The zero-order valence-electron chi connectivity index (χ0n) is 13.1. The lowest BCUT2D eigenvalue weighted by Crippen LogP contribution is -2.43. The van der Waals surface area contributed by atoms with Gasteiger partial charge >= 0.3 is 0 Å². The van der Waals surface area contributed by atoms with Crippen molar-refractivity contribution in [2.45, 2.75) is 38.6 Å². The molecule has 0 saturated heterocycles. The second-order valence-corrected chi connectivity index (χ2v) is 6.98. The molecule has 5 nitrogen and oxygen atoms in total. The van der Waals surface area contributed by atoms with Crippen molar-refractivity contribution in [2.24, 2.45) is 5.92 Å². The number of nitrogens with one attached hydrogen (secondary N) is 1. The Balaban J connectivity index is 1.64. The minimum Gasteiger partial charge on any atom is -0.467 e. The van der Waals surface area contributed by atoms with Gasteiger partial charge in [-0.1, -0.05) is 35.7 Å². The van der Waals surface area contributed by atoms with Gasteiger partial charge < -0.3 is 10.1 Å². The molecular weight excluding hydrogens is 358 g/mol. The van der Waals surface area contributed by atoms with Gasteiger partial charge in [0.1, 0.15) is 6.33 Å². The van der Waals surface area contributed by atoms with Gasteiger partial charge in [-0.3, -0.25) is 4.79 Å². The molecule has 1 amide bonds. The number of ether oxygens (including phenoxy) is 1. The van der Waals surface area contributed by atoms with Gasteiger partial charge in [0.25, 0.3) is 5.91 Å². The van der Waals surface area contributed by atoms with Crippen LogP contribution in [0.15, 0.2) is 29.0 Å². The first kappa shape index (κ1) is 16.2. The maximum atomic E-state index is 12.1. The number of carbonyl (C=O) groups is 1. The van der Waals surface area contributed by atoms with Crippen molar-refractivity contribution in [1.82, 2.24) is 15.3 Å². The predicted molar refractivity (Wildman–Crippen MR) is 92.3 cm³/mol.